The number of aliphatic hydroxyl groups excluding tert-OH is 2. The highest BCUT2D eigenvalue weighted by atomic mass is 35.5. The minimum Gasteiger partial charge on any atom is -0.394 e. The number of aromatic nitrogens is 2. The fraction of sp³-hybridized carbons (Fsp3) is 0.292. The molecule has 0 fully saturated rings. The molecule has 9 heteroatoms. The van der Waals surface area contributed by atoms with Crippen molar-refractivity contribution in [3.63, 3.8) is 0 Å². The topological polar surface area (TPSA) is 98.6 Å². The Morgan fingerprint density at radius 1 is 1.27 bits per heavy atom. The second kappa shape index (κ2) is 9.75. The van der Waals surface area contributed by atoms with Gasteiger partial charge in [0.2, 0.25) is 11.2 Å². The van der Waals surface area contributed by atoms with Gasteiger partial charge in [-0.3, -0.25) is 9.69 Å². The highest BCUT2D eigenvalue weighted by molar-refractivity contribution is 6.33. The van der Waals surface area contributed by atoms with E-state index in [2.05, 4.69) is 15.3 Å². The number of carbonyl (C=O) groups excluding carboxylic acids is 1. The summed E-state index contributed by atoms with van der Waals surface area (Å²) in [5, 5.41) is 24.2. The second-order valence-corrected chi connectivity index (χ2v) is 8.87. The Morgan fingerprint density at radius 3 is 2.79 bits per heavy atom. The molecule has 2 heterocycles. The van der Waals surface area contributed by atoms with Crippen LogP contribution in [0.1, 0.15) is 41.4 Å². The lowest BCUT2D eigenvalue weighted by Crippen LogP contribution is -2.46. The van der Waals surface area contributed by atoms with Crippen molar-refractivity contribution in [1.29, 1.82) is 0 Å². The van der Waals surface area contributed by atoms with Crippen molar-refractivity contribution in [1.82, 2.24) is 20.2 Å². The molecule has 3 aromatic rings. The molecule has 0 saturated carbocycles. The number of benzene rings is 2. The first kappa shape index (κ1) is 23.6. The lowest BCUT2D eigenvalue weighted by molar-refractivity contribution is -0.131. The number of nitrogens with zero attached hydrogens (tertiary/aromatic N) is 3. The Labute approximate surface area is 202 Å². The van der Waals surface area contributed by atoms with E-state index in [0.717, 1.165) is 16.7 Å². The molecule has 1 aromatic heterocycles. The first-order chi connectivity index (χ1) is 15.8. The molecule has 0 saturated heterocycles. The molecular weight excluding hydrogens is 463 g/mol. The summed E-state index contributed by atoms with van der Waals surface area (Å²) in [5.74, 6) is -0.284. The maximum Gasteiger partial charge on any atom is 0.237 e. The summed E-state index contributed by atoms with van der Waals surface area (Å²) in [4.78, 5) is 22.8. The minimum absolute atomic E-state index is 0.0782. The van der Waals surface area contributed by atoms with Gasteiger partial charge in [0.1, 0.15) is 6.23 Å². The minimum atomic E-state index is -0.983. The molecule has 1 amide bonds. The van der Waals surface area contributed by atoms with E-state index in [1.807, 2.05) is 43.3 Å². The van der Waals surface area contributed by atoms with Crippen LogP contribution in [0.25, 0.3) is 11.3 Å². The third kappa shape index (κ3) is 4.88. The predicted molar refractivity (Wildman–Crippen MR) is 127 cm³/mol. The maximum atomic E-state index is 13.0. The van der Waals surface area contributed by atoms with Crippen LogP contribution in [-0.2, 0) is 11.3 Å². The highest BCUT2D eigenvalue weighted by Crippen LogP contribution is 2.37. The van der Waals surface area contributed by atoms with E-state index in [-0.39, 0.29) is 17.8 Å². The van der Waals surface area contributed by atoms with E-state index in [0.29, 0.717) is 28.4 Å². The average molecular weight is 487 g/mol. The van der Waals surface area contributed by atoms with Crippen molar-refractivity contribution < 1.29 is 15.0 Å². The lowest BCUT2D eigenvalue weighted by Gasteiger charge is -2.28. The molecule has 0 bridgehead atoms. The van der Waals surface area contributed by atoms with Gasteiger partial charge in [-0.25, -0.2) is 9.97 Å². The molecule has 172 valence electrons. The predicted octanol–water partition coefficient (Wildman–Crippen LogP) is 3.80. The third-order valence-corrected chi connectivity index (χ3v) is 6.36. The fourth-order valence-electron chi connectivity index (χ4n) is 4.05. The molecular formula is C24H24Cl2N4O3. The number of aliphatic hydroxyl groups is 2. The van der Waals surface area contributed by atoms with Crippen molar-refractivity contribution in [3.8, 4) is 11.3 Å². The number of rotatable bonds is 6. The second-order valence-electron chi connectivity index (χ2n) is 8.13. The van der Waals surface area contributed by atoms with Crippen LogP contribution in [0.3, 0.4) is 0 Å². The van der Waals surface area contributed by atoms with Crippen LogP contribution in [0.4, 0.5) is 0 Å². The van der Waals surface area contributed by atoms with Gasteiger partial charge in [0.25, 0.3) is 0 Å². The quantitative estimate of drug-likeness (QED) is 0.458. The summed E-state index contributed by atoms with van der Waals surface area (Å²) in [5.41, 5.74) is 4.61. The zero-order valence-corrected chi connectivity index (χ0v) is 19.7. The van der Waals surface area contributed by atoms with Crippen LogP contribution in [-0.4, -0.2) is 43.6 Å². The van der Waals surface area contributed by atoms with Gasteiger partial charge in [0, 0.05) is 17.7 Å². The molecule has 1 aliphatic rings. The number of aryl methyl sites for hydroxylation is 1. The number of nitrogens with one attached hydrogen (secondary N) is 1. The normalized spacial score (nSPS) is 17.5. The van der Waals surface area contributed by atoms with Crippen LogP contribution in [0.15, 0.2) is 48.7 Å². The van der Waals surface area contributed by atoms with Gasteiger partial charge in [-0.15, -0.1) is 0 Å². The van der Waals surface area contributed by atoms with Gasteiger partial charge < -0.3 is 15.5 Å². The summed E-state index contributed by atoms with van der Waals surface area (Å²) >= 11 is 12.1. The summed E-state index contributed by atoms with van der Waals surface area (Å²) in [7, 11) is 0. The average Bonchev–Trinajstić information content (AvgIpc) is 3.14. The van der Waals surface area contributed by atoms with E-state index < -0.39 is 18.3 Å². The smallest absolute Gasteiger partial charge is 0.237 e. The molecule has 0 aliphatic carbocycles. The van der Waals surface area contributed by atoms with Gasteiger partial charge >= 0.3 is 0 Å². The van der Waals surface area contributed by atoms with Crippen molar-refractivity contribution in [2.45, 2.75) is 38.7 Å². The first-order valence-corrected chi connectivity index (χ1v) is 11.3. The maximum absolute atomic E-state index is 13.0. The Morgan fingerprint density at radius 2 is 2.06 bits per heavy atom. The number of hydrogen-bond donors (Lipinski definition) is 3. The Balaban J connectivity index is 1.52. The summed E-state index contributed by atoms with van der Waals surface area (Å²) < 4.78 is 0. The van der Waals surface area contributed by atoms with Gasteiger partial charge in [0.15, 0.2) is 0 Å². The number of carbonyl (C=O) groups is 1. The zero-order chi connectivity index (χ0) is 23.7. The molecule has 2 aromatic carbocycles. The van der Waals surface area contributed by atoms with Crippen molar-refractivity contribution in [2.75, 3.05) is 6.61 Å². The Hall–Kier alpha value is -2.55. The summed E-state index contributed by atoms with van der Waals surface area (Å²) in [6, 6.07) is 12.0. The molecule has 0 radical (unpaired) electrons. The van der Waals surface area contributed by atoms with Crippen LogP contribution in [0, 0.1) is 6.92 Å². The summed E-state index contributed by atoms with van der Waals surface area (Å²) in [6.07, 6.45) is 0.448. The molecule has 7 nitrogen and oxygen atoms in total. The van der Waals surface area contributed by atoms with E-state index in [1.54, 1.807) is 17.9 Å². The van der Waals surface area contributed by atoms with Crippen LogP contribution < -0.4 is 5.32 Å². The van der Waals surface area contributed by atoms with E-state index in [4.69, 9.17) is 23.2 Å². The van der Waals surface area contributed by atoms with Crippen molar-refractivity contribution >= 4 is 29.1 Å². The number of fused-ring (bicyclic) bond motifs is 1. The van der Waals surface area contributed by atoms with Crippen molar-refractivity contribution in [2.24, 2.45) is 0 Å². The lowest BCUT2D eigenvalue weighted by atomic mass is 10.0. The monoisotopic (exact) mass is 486 g/mol. The van der Waals surface area contributed by atoms with E-state index >= 15 is 0 Å². The molecule has 3 atom stereocenters. The van der Waals surface area contributed by atoms with Gasteiger partial charge in [0.05, 0.1) is 35.6 Å². The van der Waals surface area contributed by atoms with E-state index in [9.17, 15) is 15.0 Å². The first-order valence-electron chi connectivity index (χ1n) is 10.5. The van der Waals surface area contributed by atoms with Crippen molar-refractivity contribution in [3.05, 3.63) is 81.2 Å². The molecule has 3 N–H and O–H groups in total. The third-order valence-electron chi connectivity index (χ3n) is 5.90. The van der Waals surface area contributed by atoms with Crippen LogP contribution in [0.5, 0.6) is 0 Å². The number of halogens is 2. The number of amides is 1. The molecule has 0 spiro atoms. The largest absolute Gasteiger partial charge is 0.394 e. The Kier molecular flexibility index (Phi) is 6.97. The highest BCUT2D eigenvalue weighted by Gasteiger charge is 2.35. The molecule has 4 rings (SSSR count). The van der Waals surface area contributed by atoms with Gasteiger partial charge in [-0.05, 0) is 42.6 Å². The van der Waals surface area contributed by atoms with Gasteiger partial charge in [-0.1, -0.05) is 53.6 Å². The molecule has 1 aliphatic heterocycles. The van der Waals surface area contributed by atoms with Gasteiger partial charge in [-0.2, -0.15) is 0 Å². The van der Waals surface area contributed by atoms with Crippen LogP contribution in [0.2, 0.25) is 10.3 Å². The fourth-order valence-corrected chi connectivity index (χ4v) is 4.38. The standard InChI is InChI=1S/C24H24Cl2N4O3/c1-13-4-3-5-15(8-13)20(12-31)28-22(32)14(2)30-11-17-7-6-16(9-18(17)23(30)33)21-19(25)10-27-24(26)29-21/h3-10,14,20,23,31,33H,11-12H2,1-2H3,(H,28,32)/t14-,20-,23?/m1/s1. The summed E-state index contributed by atoms with van der Waals surface area (Å²) in [6.45, 7) is 3.86. The van der Waals surface area contributed by atoms with E-state index in [1.165, 1.54) is 6.20 Å². The Bertz CT molecular complexity index is 1190. The van der Waals surface area contributed by atoms with Crippen LogP contribution >= 0.6 is 23.2 Å². The number of hydrogen-bond acceptors (Lipinski definition) is 6. The zero-order valence-electron chi connectivity index (χ0n) is 18.2. The molecule has 33 heavy (non-hydrogen) atoms. The SMILES string of the molecule is Cc1cccc([C@@H](CO)NC(=O)[C@@H](C)N2Cc3ccc(-c4nc(Cl)ncc4Cl)cc3C2O)c1. The molecule has 1 unspecified atom stereocenters.